The van der Waals surface area contributed by atoms with Crippen LogP contribution in [0.5, 0.6) is 5.75 Å². The third-order valence-electron chi connectivity index (χ3n) is 3.16. The summed E-state index contributed by atoms with van der Waals surface area (Å²) in [5.41, 5.74) is 5.92. The molecule has 0 aromatic heterocycles. The number of nitrogens with one attached hydrogen (secondary N) is 2. The van der Waals surface area contributed by atoms with Gasteiger partial charge in [0.1, 0.15) is 5.75 Å². The van der Waals surface area contributed by atoms with Gasteiger partial charge in [-0.1, -0.05) is 24.3 Å². The van der Waals surface area contributed by atoms with Crippen LogP contribution in [0.25, 0.3) is 0 Å². The Hall–Kier alpha value is -2.82. The number of aromatic hydroxyl groups is 1. The Morgan fingerprint density at radius 3 is 2.73 bits per heavy atom. The number of nitrogens with zero attached hydrogens (tertiary/aromatic N) is 1. The van der Waals surface area contributed by atoms with Gasteiger partial charge in [-0.2, -0.15) is 5.10 Å². The number of hydrazone groups is 1. The van der Waals surface area contributed by atoms with Crippen molar-refractivity contribution in [2.24, 2.45) is 5.10 Å². The summed E-state index contributed by atoms with van der Waals surface area (Å²) < 4.78 is 0. The van der Waals surface area contributed by atoms with E-state index in [0.717, 1.165) is 16.8 Å². The number of phenols is 1. The number of amides is 1. The number of carbonyl (C=O) groups excluding carboxylic acids is 1. The molecule has 0 aliphatic carbocycles. The molecule has 114 valence electrons. The Bertz CT molecular complexity index is 696. The van der Waals surface area contributed by atoms with E-state index in [1.807, 2.05) is 44.2 Å². The second-order valence-electron chi connectivity index (χ2n) is 5.02. The summed E-state index contributed by atoms with van der Waals surface area (Å²) in [6.07, 6.45) is 1.42. The number of hydrogen-bond donors (Lipinski definition) is 3. The number of phenolic OH excluding ortho intramolecular Hbond substituents is 1. The molecule has 22 heavy (non-hydrogen) atoms. The van der Waals surface area contributed by atoms with Gasteiger partial charge in [-0.15, -0.1) is 0 Å². The summed E-state index contributed by atoms with van der Waals surface area (Å²) in [7, 11) is 0. The monoisotopic (exact) mass is 297 g/mol. The molecule has 0 fully saturated rings. The van der Waals surface area contributed by atoms with Crippen LogP contribution in [0, 0.1) is 13.8 Å². The maximum Gasteiger partial charge on any atom is 0.259 e. The Morgan fingerprint density at radius 2 is 2.00 bits per heavy atom. The molecule has 0 aliphatic heterocycles. The van der Waals surface area contributed by atoms with E-state index in [0.29, 0.717) is 5.56 Å². The van der Waals surface area contributed by atoms with E-state index in [-0.39, 0.29) is 18.2 Å². The summed E-state index contributed by atoms with van der Waals surface area (Å²) in [5, 5.41) is 16.6. The fraction of sp³-hybridized carbons (Fsp3) is 0.176. The smallest absolute Gasteiger partial charge is 0.259 e. The molecule has 0 unspecified atom stereocenters. The molecule has 2 aromatic rings. The van der Waals surface area contributed by atoms with Crippen molar-refractivity contribution < 1.29 is 9.90 Å². The van der Waals surface area contributed by atoms with Crippen LogP contribution in [0.1, 0.15) is 16.7 Å². The normalized spacial score (nSPS) is 10.6. The third kappa shape index (κ3) is 4.34. The van der Waals surface area contributed by atoms with E-state index in [1.54, 1.807) is 12.1 Å². The number of hydrogen-bond acceptors (Lipinski definition) is 4. The average Bonchev–Trinajstić information content (AvgIpc) is 2.49. The molecule has 2 rings (SSSR count). The van der Waals surface area contributed by atoms with Crippen molar-refractivity contribution in [1.29, 1.82) is 0 Å². The zero-order chi connectivity index (χ0) is 15.9. The second kappa shape index (κ2) is 7.26. The van der Waals surface area contributed by atoms with Crippen molar-refractivity contribution >= 4 is 17.8 Å². The number of rotatable bonds is 5. The third-order valence-corrected chi connectivity index (χ3v) is 3.16. The average molecular weight is 297 g/mol. The highest BCUT2D eigenvalue weighted by Gasteiger charge is 2.02. The number of benzene rings is 2. The predicted octanol–water partition coefficient (Wildman–Crippen LogP) is 2.57. The second-order valence-corrected chi connectivity index (χ2v) is 5.02. The minimum atomic E-state index is -0.258. The summed E-state index contributed by atoms with van der Waals surface area (Å²) in [6, 6.07) is 13.0. The van der Waals surface area contributed by atoms with Gasteiger partial charge in [0, 0.05) is 11.3 Å². The maximum atomic E-state index is 11.7. The van der Waals surface area contributed by atoms with Crippen LogP contribution in [0.2, 0.25) is 0 Å². The van der Waals surface area contributed by atoms with Crippen LogP contribution >= 0.6 is 0 Å². The Balaban J connectivity index is 1.85. The van der Waals surface area contributed by atoms with Gasteiger partial charge in [0.05, 0.1) is 12.8 Å². The molecule has 0 spiro atoms. The summed E-state index contributed by atoms with van der Waals surface area (Å²) in [5.74, 6) is -0.123. The first-order valence-corrected chi connectivity index (χ1v) is 6.97. The highest BCUT2D eigenvalue weighted by molar-refractivity contribution is 5.86. The number of anilines is 1. The highest BCUT2D eigenvalue weighted by atomic mass is 16.3. The first kappa shape index (κ1) is 15.6. The molecular weight excluding hydrogens is 278 g/mol. The number of para-hydroxylation sites is 1. The zero-order valence-electron chi connectivity index (χ0n) is 12.6. The first-order chi connectivity index (χ1) is 10.6. The van der Waals surface area contributed by atoms with Crippen LogP contribution < -0.4 is 10.7 Å². The zero-order valence-corrected chi connectivity index (χ0v) is 12.6. The molecule has 5 nitrogen and oxygen atoms in total. The molecular formula is C17H19N3O2. The standard InChI is InChI=1S/C17H19N3O2/c1-12-7-8-14(16(21)9-12)10-19-20-17(22)11-18-15-6-4-3-5-13(15)2/h3-10,18,21H,11H2,1-2H3,(H,20,22)/b19-10+. The molecule has 0 bridgehead atoms. The van der Waals surface area contributed by atoms with E-state index < -0.39 is 0 Å². The molecule has 2 aromatic carbocycles. The summed E-state index contributed by atoms with van der Waals surface area (Å²) in [4.78, 5) is 11.7. The molecule has 0 saturated heterocycles. The van der Waals surface area contributed by atoms with Crippen LogP contribution in [0.15, 0.2) is 47.6 Å². The predicted molar refractivity (Wildman–Crippen MR) is 88.2 cm³/mol. The highest BCUT2D eigenvalue weighted by Crippen LogP contribution is 2.16. The SMILES string of the molecule is Cc1ccc(/C=N/NC(=O)CNc2ccccc2C)c(O)c1. The Morgan fingerprint density at radius 1 is 1.23 bits per heavy atom. The largest absolute Gasteiger partial charge is 0.507 e. The molecule has 5 heteroatoms. The van der Waals surface area contributed by atoms with Crippen LogP contribution in [-0.4, -0.2) is 23.8 Å². The van der Waals surface area contributed by atoms with Crippen LogP contribution in [0.3, 0.4) is 0 Å². The van der Waals surface area contributed by atoms with Crippen LogP contribution in [0.4, 0.5) is 5.69 Å². The Labute approximate surface area is 129 Å². The van der Waals surface area contributed by atoms with Crippen molar-refractivity contribution in [3.8, 4) is 5.75 Å². The fourth-order valence-corrected chi connectivity index (χ4v) is 1.92. The van der Waals surface area contributed by atoms with Crippen molar-refractivity contribution in [2.45, 2.75) is 13.8 Å². The minimum Gasteiger partial charge on any atom is -0.507 e. The van der Waals surface area contributed by atoms with Crippen LogP contribution in [-0.2, 0) is 4.79 Å². The molecule has 1 amide bonds. The van der Waals surface area contributed by atoms with Gasteiger partial charge < -0.3 is 10.4 Å². The van der Waals surface area contributed by atoms with Gasteiger partial charge in [-0.25, -0.2) is 5.43 Å². The van der Waals surface area contributed by atoms with E-state index in [2.05, 4.69) is 15.8 Å². The molecule has 0 saturated carbocycles. The lowest BCUT2D eigenvalue weighted by atomic mass is 10.1. The van der Waals surface area contributed by atoms with Crippen molar-refractivity contribution in [1.82, 2.24) is 5.43 Å². The fourth-order valence-electron chi connectivity index (χ4n) is 1.92. The first-order valence-electron chi connectivity index (χ1n) is 6.97. The van der Waals surface area contributed by atoms with E-state index in [9.17, 15) is 9.90 Å². The molecule has 0 aliphatic rings. The molecule has 0 radical (unpaired) electrons. The van der Waals surface area contributed by atoms with Gasteiger partial charge in [0.25, 0.3) is 5.91 Å². The van der Waals surface area contributed by atoms with Crippen molar-refractivity contribution in [3.05, 3.63) is 59.2 Å². The summed E-state index contributed by atoms with van der Waals surface area (Å²) >= 11 is 0. The minimum absolute atomic E-state index is 0.127. The topological polar surface area (TPSA) is 73.7 Å². The van der Waals surface area contributed by atoms with Gasteiger partial charge in [-0.3, -0.25) is 4.79 Å². The van der Waals surface area contributed by atoms with E-state index >= 15 is 0 Å². The lowest BCUT2D eigenvalue weighted by Gasteiger charge is -2.07. The molecule has 0 heterocycles. The molecule has 0 atom stereocenters. The van der Waals surface area contributed by atoms with Gasteiger partial charge in [0.15, 0.2) is 0 Å². The maximum absolute atomic E-state index is 11.7. The van der Waals surface area contributed by atoms with Gasteiger partial charge >= 0.3 is 0 Å². The van der Waals surface area contributed by atoms with Gasteiger partial charge in [0.2, 0.25) is 0 Å². The Kier molecular flexibility index (Phi) is 5.14. The lowest BCUT2D eigenvalue weighted by molar-refractivity contribution is -0.119. The van der Waals surface area contributed by atoms with Gasteiger partial charge in [-0.05, 0) is 43.2 Å². The number of aryl methyl sites for hydroxylation is 2. The number of carbonyl (C=O) groups is 1. The van der Waals surface area contributed by atoms with Crippen molar-refractivity contribution in [3.63, 3.8) is 0 Å². The van der Waals surface area contributed by atoms with E-state index in [4.69, 9.17) is 0 Å². The van der Waals surface area contributed by atoms with E-state index in [1.165, 1.54) is 6.21 Å². The quantitative estimate of drug-likeness (QED) is 0.586. The summed E-state index contributed by atoms with van der Waals surface area (Å²) in [6.45, 7) is 3.99. The molecule has 3 N–H and O–H groups in total. The van der Waals surface area contributed by atoms with Crippen molar-refractivity contribution in [2.75, 3.05) is 11.9 Å². The lowest BCUT2D eigenvalue weighted by Crippen LogP contribution is -2.26.